The molecule has 2 aromatic rings. The number of carbonyl (C=O) groups excluding carboxylic acids is 2. The third-order valence-electron chi connectivity index (χ3n) is 5.56. The second-order valence-electron chi connectivity index (χ2n) is 7.50. The Morgan fingerprint density at radius 1 is 1.24 bits per heavy atom. The van der Waals surface area contributed by atoms with Crippen LogP contribution in [0.2, 0.25) is 0 Å². The average Bonchev–Trinajstić information content (AvgIpc) is 3.15. The van der Waals surface area contributed by atoms with Gasteiger partial charge in [-0.1, -0.05) is 12.1 Å². The van der Waals surface area contributed by atoms with Crippen LogP contribution >= 0.6 is 0 Å². The van der Waals surface area contributed by atoms with E-state index in [9.17, 15) is 14.4 Å². The summed E-state index contributed by atoms with van der Waals surface area (Å²) in [5.41, 5.74) is 4.63. The van der Waals surface area contributed by atoms with Crippen LogP contribution in [0, 0.1) is 25.2 Å². The molecule has 0 bridgehead atoms. The molecule has 1 heterocycles. The van der Waals surface area contributed by atoms with Gasteiger partial charge in [0.05, 0.1) is 0 Å². The van der Waals surface area contributed by atoms with Crippen molar-refractivity contribution in [3.63, 3.8) is 0 Å². The first kappa shape index (κ1) is 20.5. The predicted molar refractivity (Wildman–Crippen MR) is 108 cm³/mol. The van der Waals surface area contributed by atoms with Gasteiger partial charge in [-0.15, -0.1) is 0 Å². The molecule has 0 spiro atoms. The molecule has 0 unspecified atom stereocenters. The van der Waals surface area contributed by atoms with Crippen molar-refractivity contribution in [2.75, 3.05) is 0 Å². The molecule has 150 valence electrons. The lowest BCUT2D eigenvalue weighted by Gasteiger charge is -2.14. The Balaban J connectivity index is 1.63. The lowest BCUT2D eigenvalue weighted by atomic mass is 9.99. The number of aryl methyl sites for hydroxylation is 3. The maximum absolute atomic E-state index is 12.6. The summed E-state index contributed by atoms with van der Waals surface area (Å²) >= 11 is 0. The van der Waals surface area contributed by atoms with Gasteiger partial charge in [-0.25, -0.2) is 0 Å². The summed E-state index contributed by atoms with van der Waals surface area (Å²) in [7, 11) is 0. The number of nitrogens with one attached hydrogen (secondary N) is 1. The fourth-order valence-corrected chi connectivity index (χ4v) is 3.92. The predicted octanol–water partition coefficient (Wildman–Crippen LogP) is 3.10. The molecule has 6 heteroatoms. The first-order chi connectivity index (χ1) is 13.8. The first-order valence-corrected chi connectivity index (χ1v) is 9.79. The quantitative estimate of drug-likeness (QED) is 0.601. The standard InChI is InChI=1S/C23H24N2O4/c1-13-19(14(2)25-23(28)20(13)12-24)9-10-21(26)29-15(3)22(27)18-8-7-16-5-4-6-17(16)11-18/h7-8,11,15H,4-6,9-10H2,1-3H3,(H,25,28)/t15-/m0/s1. The van der Waals surface area contributed by atoms with Crippen molar-refractivity contribution in [1.82, 2.24) is 4.98 Å². The zero-order valence-electron chi connectivity index (χ0n) is 16.9. The molecule has 1 aromatic heterocycles. The van der Waals surface area contributed by atoms with Crippen molar-refractivity contribution in [2.24, 2.45) is 0 Å². The lowest BCUT2D eigenvalue weighted by molar-refractivity contribution is -0.146. The Morgan fingerprint density at radius 2 is 1.97 bits per heavy atom. The summed E-state index contributed by atoms with van der Waals surface area (Å²) in [5, 5.41) is 9.14. The van der Waals surface area contributed by atoms with Crippen LogP contribution in [-0.4, -0.2) is 22.8 Å². The summed E-state index contributed by atoms with van der Waals surface area (Å²) in [6.07, 6.45) is 2.64. The molecule has 1 aromatic carbocycles. The number of ether oxygens (including phenoxy) is 1. The van der Waals surface area contributed by atoms with Gasteiger partial charge in [0.15, 0.2) is 6.10 Å². The van der Waals surface area contributed by atoms with Gasteiger partial charge >= 0.3 is 5.97 Å². The van der Waals surface area contributed by atoms with Crippen molar-refractivity contribution in [3.05, 3.63) is 67.6 Å². The minimum atomic E-state index is -0.866. The monoisotopic (exact) mass is 392 g/mol. The van der Waals surface area contributed by atoms with Crippen LogP contribution in [-0.2, 0) is 28.8 Å². The number of aromatic nitrogens is 1. The molecule has 3 rings (SSSR count). The Labute approximate surface area is 169 Å². The number of fused-ring (bicyclic) bond motifs is 1. The second-order valence-corrected chi connectivity index (χ2v) is 7.50. The van der Waals surface area contributed by atoms with E-state index in [-0.39, 0.29) is 17.8 Å². The lowest BCUT2D eigenvalue weighted by Crippen LogP contribution is -2.25. The zero-order chi connectivity index (χ0) is 21.1. The Kier molecular flexibility index (Phi) is 5.97. The van der Waals surface area contributed by atoms with Gasteiger partial charge in [0.25, 0.3) is 5.56 Å². The Bertz CT molecular complexity index is 1080. The van der Waals surface area contributed by atoms with Crippen molar-refractivity contribution in [3.8, 4) is 6.07 Å². The number of nitriles is 1. The Hall–Kier alpha value is -3.20. The number of aromatic amines is 1. The fraction of sp³-hybridized carbons (Fsp3) is 0.391. The van der Waals surface area contributed by atoms with E-state index < -0.39 is 17.6 Å². The molecule has 1 atom stereocenters. The normalized spacial score (nSPS) is 13.4. The minimum Gasteiger partial charge on any atom is -0.454 e. The number of hydrogen-bond acceptors (Lipinski definition) is 5. The third-order valence-corrected chi connectivity index (χ3v) is 5.56. The molecule has 6 nitrogen and oxygen atoms in total. The number of nitrogens with zero attached hydrogens (tertiary/aromatic N) is 1. The smallest absolute Gasteiger partial charge is 0.306 e. The van der Waals surface area contributed by atoms with E-state index in [4.69, 9.17) is 10.00 Å². The van der Waals surface area contributed by atoms with E-state index in [1.165, 1.54) is 11.1 Å². The number of esters is 1. The molecule has 29 heavy (non-hydrogen) atoms. The number of carbonyl (C=O) groups is 2. The zero-order valence-corrected chi connectivity index (χ0v) is 16.9. The van der Waals surface area contributed by atoms with Crippen LogP contribution < -0.4 is 5.56 Å². The number of H-pyrrole nitrogens is 1. The summed E-state index contributed by atoms with van der Waals surface area (Å²) in [4.78, 5) is 39.4. The molecule has 0 amide bonds. The Morgan fingerprint density at radius 3 is 2.69 bits per heavy atom. The van der Waals surface area contributed by atoms with Crippen LogP contribution in [0.25, 0.3) is 0 Å². The molecule has 0 radical (unpaired) electrons. The maximum Gasteiger partial charge on any atom is 0.306 e. The number of hydrogen-bond donors (Lipinski definition) is 1. The number of Topliss-reactive ketones (excluding diaryl/α,β-unsaturated/α-hetero) is 1. The number of pyridine rings is 1. The van der Waals surface area contributed by atoms with Gasteiger partial charge in [0.2, 0.25) is 5.78 Å². The van der Waals surface area contributed by atoms with E-state index in [0.717, 1.165) is 24.8 Å². The minimum absolute atomic E-state index is 0.0547. The molecular formula is C23H24N2O4. The molecule has 1 aliphatic rings. The number of benzene rings is 1. The van der Waals surface area contributed by atoms with Gasteiger partial charge in [-0.3, -0.25) is 14.4 Å². The van der Waals surface area contributed by atoms with E-state index in [2.05, 4.69) is 4.98 Å². The summed E-state index contributed by atoms with van der Waals surface area (Å²) in [5.74, 6) is -0.702. The molecule has 1 N–H and O–H groups in total. The van der Waals surface area contributed by atoms with E-state index in [1.54, 1.807) is 26.8 Å². The van der Waals surface area contributed by atoms with Crippen LogP contribution in [0.15, 0.2) is 23.0 Å². The van der Waals surface area contributed by atoms with Crippen LogP contribution in [0.3, 0.4) is 0 Å². The van der Waals surface area contributed by atoms with Crippen LogP contribution in [0.5, 0.6) is 0 Å². The van der Waals surface area contributed by atoms with Crippen molar-refractivity contribution >= 4 is 11.8 Å². The first-order valence-electron chi connectivity index (χ1n) is 9.79. The van der Waals surface area contributed by atoms with Gasteiger partial charge in [0, 0.05) is 17.7 Å². The third kappa shape index (κ3) is 4.29. The topological polar surface area (TPSA) is 100 Å². The fourth-order valence-electron chi connectivity index (χ4n) is 3.92. The highest BCUT2D eigenvalue weighted by atomic mass is 16.5. The number of rotatable bonds is 6. The molecule has 0 aliphatic heterocycles. The van der Waals surface area contributed by atoms with Gasteiger partial charge in [-0.2, -0.15) is 5.26 Å². The van der Waals surface area contributed by atoms with Crippen molar-refractivity contribution in [2.45, 2.75) is 59.0 Å². The van der Waals surface area contributed by atoms with Gasteiger partial charge < -0.3 is 9.72 Å². The average molecular weight is 392 g/mol. The van der Waals surface area contributed by atoms with Crippen molar-refractivity contribution < 1.29 is 14.3 Å². The molecule has 0 saturated carbocycles. The summed E-state index contributed by atoms with van der Waals surface area (Å²) in [6.45, 7) is 5.01. The largest absolute Gasteiger partial charge is 0.454 e. The van der Waals surface area contributed by atoms with E-state index in [1.807, 2.05) is 18.2 Å². The van der Waals surface area contributed by atoms with Crippen LogP contribution in [0.4, 0.5) is 0 Å². The highest BCUT2D eigenvalue weighted by molar-refractivity contribution is 6.00. The van der Waals surface area contributed by atoms with Crippen LogP contribution in [0.1, 0.15) is 63.6 Å². The van der Waals surface area contributed by atoms with Gasteiger partial charge in [0.1, 0.15) is 11.6 Å². The second kappa shape index (κ2) is 8.44. The highest BCUT2D eigenvalue weighted by Gasteiger charge is 2.22. The van der Waals surface area contributed by atoms with E-state index >= 15 is 0 Å². The number of ketones is 1. The molecule has 0 saturated heterocycles. The SMILES string of the molecule is Cc1[nH]c(=O)c(C#N)c(C)c1CCC(=O)O[C@@H](C)C(=O)c1ccc2c(c1)CCC2. The maximum atomic E-state index is 12.6. The molecular weight excluding hydrogens is 368 g/mol. The summed E-state index contributed by atoms with van der Waals surface area (Å²) < 4.78 is 5.34. The molecule has 0 fully saturated rings. The van der Waals surface area contributed by atoms with Crippen molar-refractivity contribution in [1.29, 1.82) is 5.26 Å². The van der Waals surface area contributed by atoms with E-state index in [0.29, 0.717) is 23.2 Å². The summed E-state index contributed by atoms with van der Waals surface area (Å²) in [6, 6.07) is 7.59. The van der Waals surface area contributed by atoms with Gasteiger partial charge in [-0.05, 0) is 74.8 Å². The highest BCUT2D eigenvalue weighted by Crippen LogP contribution is 2.24. The molecule has 1 aliphatic carbocycles.